The van der Waals surface area contributed by atoms with Crippen molar-refractivity contribution >= 4 is 5.91 Å². The van der Waals surface area contributed by atoms with Gasteiger partial charge in [-0.1, -0.05) is 5.21 Å². The highest BCUT2D eigenvalue weighted by Crippen LogP contribution is 1.91. The highest BCUT2D eigenvalue weighted by atomic mass is 16.5. The van der Waals surface area contributed by atoms with Crippen LogP contribution in [-0.2, 0) is 22.6 Å². The smallest absolute Gasteiger partial charge is 0.242 e. The number of nitrogens with zero attached hydrogens (tertiary/aromatic N) is 3. The molecule has 0 aliphatic heterocycles. The molecule has 7 heteroatoms. The van der Waals surface area contributed by atoms with Crippen LogP contribution in [-0.4, -0.2) is 40.2 Å². The van der Waals surface area contributed by atoms with E-state index in [4.69, 9.17) is 10.5 Å². The molecule has 0 aliphatic rings. The van der Waals surface area contributed by atoms with Crippen LogP contribution in [0.2, 0.25) is 0 Å². The van der Waals surface area contributed by atoms with Gasteiger partial charge >= 0.3 is 0 Å². The second-order valence-electron chi connectivity index (χ2n) is 3.74. The van der Waals surface area contributed by atoms with Crippen molar-refractivity contribution in [1.29, 1.82) is 0 Å². The average Bonchev–Trinajstić information content (AvgIpc) is 2.73. The van der Waals surface area contributed by atoms with Crippen molar-refractivity contribution in [1.82, 2.24) is 20.3 Å². The zero-order chi connectivity index (χ0) is 12.7. The number of carbonyl (C=O) groups excluding carboxylic acids is 1. The fourth-order valence-electron chi connectivity index (χ4n) is 1.31. The third-order valence-corrected chi connectivity index (χ3v) is 2.08. The third kappa shape index (κ3) is 4.92. The molecule has 0 bridgehead atoms. The lowest BCUT2D eigenvalue weighted by molar-refractivity contribution is -0.122. The minimum atomic E-state index is -0.120. The lowest BCUT2D eigenvalue weighted by Gasteiger charge is -2.13. The molecule has 0 saturated heterocycles. The number of hydrogen-bond acceptors (Lipinski definition) is 5. The van der Waals surface area contributed by atoms with E-state index in [2.05, 4.69) is 15.6 Å². The summed E-state index contributed by atoms with van der Waals surface area (Å²) < 4.78 is 6.67. The molecule has 1 atom stereocenters. The number of nitrogens with two attached hydrogens (primary N) is 1. The number of amides is 1. The van der Waals surface area contributed by atoms with Crippen molar-refractivity contribution in [3.63, 3.8) is 0 Å². The highest BCUT2D eigenvalue weighted by molar-refractivity contribution is 5.75. The molecule has 17 heavy (non-hydrogen) atoms. The molecule has 1 aromatic heterocycles. The monoisotopic (exact) mass is 241 g/mol. The van der Waals surface area contributed by atoms with Crippen LogP contribution in [0.5, 0.6) is 0 Å². The average molecular weight is 241 g/mol. The first kappa shape index (κ1) is 13.6. The quantitative estimate of drug-likeness (QED) is 0.656. The van der Waals surface area contributed by atoms with Crippen LogP contribution in [0.25, 0.3) is 0 Å². The SMILES string of the molecule is CCOCC(C)NC(=O)Cn1cc(CN)nn1. The van der Waals surface area contributed by atoms with Crippen LogP contribution >= 0.6 is 0 Å². The molecule has 3 N–H and O–H groups in total. The Labute approximate surface area is 100 Å². The molecule has 0 fully saturated rings. The Balaban J connectivity index is 2.33. The van der Waals surface area contributed by atoms with Crippen molar-refractivity contribution in [2.75, 3.05) is 13.2 Å². The Morgan fingerprint density at radius 3 is 3.06 bits per heavy atom. The number of hydrogen-bond donors (Lipinski definition) is 2. The van der Waals surface area contributed by atoms with Crippen LogP contribution in [0, 0.1) is 0 Å². The predicted octanol–water partition coefficient (Wildman–Crippen LogP) is -0.722. The second kappa shape index (κ2) is 6.97. The van der Waals surface area contributed by atoms with Gasteiger partial charge in [0.05, 0.1) is 18.5 Å². The minimum absolute atomic E-state index is 0.0139. The molecule has 0 spiro atoms. The van der Waals surface area contributed by atoms with Crippen molar-refractivity contribution in [2.45, 2.75) is 33.0 Å². The lowest BCUT2D eigenvalue weighted by Crippen LogP contribution is -2.38. The van der Waals surface area contributed by atoms with Crippen molar-refractivity contribution < 1.29 is 9.53 Å². The molecule has 1 aromatic rings. The normalized spacial score (nSPS) is 12.4. The minimum Gasteiger partial charge on any atom is -0.380 e. The number of carbonyl (C=O) groups is 1. The van der Waals surface area contributed by atoms with Gasteiger partial charge in [0.15, 0.2) is 0 Å². The van der Waals surface area contributed by atoms with Gasteiger partial charge in [-0.05, 0) is 13.8 Å². The maximum absolute atomic E-state index is 11.6. The molecule has 7 nitrogen and oxygen atoms in total. The molecule has 96 valence electrons. The Morgan fingerprint density at radius 2 is 2.47 bits per heavy atom. The number of nitrogens with one attached hydrogen (secondary N) is 1. The summed E-state index contributed by atoms with van der Waals surface area (Å²) in [6.45, 7) is 5.42. The van der Waals surface area contributed by atoms with E-state index in [1.54, 1.807) is 6.20 Å². The molecular weight excluding hydrogens is 222 g/mol. The Kier molecular flexibility index (Phi) is 5.58. The van der Waals surface area contributed by atoms with E-state index < -0.39 is 0 Å². The summed E-state index contributed by atoms with van der Waals surface area (Å²) in [5.41, 5.74) is 6.06. The second-order valence-corrected chi connectivity index (χ2v) is 3.74. The topological polar surface area (TPSA) is 95.1 Å². The van der Waals surface area contributed by atoms with Crippen LogP contribution in [0.4, 0.5) is 0 Å². The molecular formula is C10H19N5O2. The van der Waals surface area contributed by atoms with E-state index in [1.807, 2.05) is 13.8 Å². The van der Waals surface area contributed by atoms with Gasteiger partial charge in [0, 0.05) is 19.2 Å². The van der Waals surface area contributed by atoms with Gasteiger partial charge in [0.2, 0.25) is 5.91 Å². The van der Waals surface area contributed by atoms with E-state index in [-0.39, 0.29) is 18.5 Å². The van der Waals surface area contributed by atoms with Crippen LogP contribution in [0.1, 0.15) is 19.5 Å². The third-order valence-electron chi connectivity index (χ3n) is 2.08. The molecule has 1 rings (SSSR count). The van der Waals surface area contributed by atoms with Gasteiger partial charge in [0.25, 0.3) is 0 Å². The van der Waals surface area contributed by atoms with Gasteiger partial charge in [-0.25, -0.2) is 4.68 Å². The summed E-state index contributed by atoms with van der Waals surface area (Å²) in [6, 6.07) is -0.0139. The van der Waals surface area contributed by atoms with E-state index >= 15 is 0 Å². The number of aromatic nitrogens is 3. The van der Waals surface area contributed by atoms with Crippen LogP contribution < -0.4 is 11.1 Å². The Bertz CT molecular complexity index is 352. The summed E-state index contributed by atoms with van der Waals surface area (Å²) in [7, 11) is 0. The first-order valence-electron chi connectivity index (χ1n) is 5.61. The molecule has 0 aromatic carbocycles. The molecule has 1 unspecified atom stereocenters. The summed E-state index contributed by atoms with van der Waals surface area (Å²) in [4.78, 5) is 11.6. The maximum Gasteiger partial charge on any atom is 0.242 e. The van der Waals surface area contributed by atoms with E-state index in [0.717, 1.165) is 0 Å². The standard InChI is InChI=1S/C10H19N5O2/c1-3-17-7-8(2)12-10(16)6-15-5-9(4-11)13-14-15/h5,8H,3-4,6-7,11H2,1-2H3,(H,12,16). The highest BCUT2D eigenvalue weighted by Gasteiger charge is 2.09. The summed E-state index contributed by atoms with van der Waals surface area (Å²) >= 11 is 0. The van der Waals surface area contributed by atoms with Crippen molar-refractivity contribution in [2.24, 2.45) is 5.73 Å². The van der Waals surface area contributed by atoms with E-state index in [0.29, 0.717) is 25.5 Å². The van der Waals surface area contributed by atoms with Crippen LogP contribution in [0.3, 0.4) is 0 Å². The molecule has 0 radical (unpaired) electrons. The Hall–Kier alpha value is -1.47. The number of ether oxygens (including phenoxy) is 1. The van der Waals surface area contributed by atoms with Gasteiger partial charge in [0.1, 0.15) is 6.54 Å². The zero-order valence-electron chi connectivity index (χ0n) is 10.2. The predicted molar refractivity (Wildman–Crippen MR) is 62.0 cm³/mol. The van der Waals surface area contributed by atoms with Gasteiger partial charge in [-0.15, -0.1) is 5.10 Å². The lowest BCUT2D eigenvalue weighted by atomic mass is 10.3. The first-order valence-corrected chi connectivity index (χ1v) is 5.61. The molecule has 1 heterocycles. The van der Waals surface area contributed by atoms with E-state index in [9.17, 15) is 4.79 Å². The summed E-state index contributed by atoms with van der Waals surface area (Å²) in [5, 5.41) is 10.4. The van der Waals surface area contributed by atoms with Gasteiger partial charge in [-0.3, -0.25) is 4.79 Å². The van der Waals surface area contributed by atoms with Crippen LogP contribution in [0.15, 0.2) is 6.20 Å². The summed E-state index contributed by atoms with van der Waals surface area (Å²) in [6.07, 6.45) is 1.66. The molecule has 0 aliphatic carbocycles. The summed E-state index contributed by atoms with van der Waals surface area (Å²) in [5.74, 6) is -0.120. The number of rotatable bonds is 7. The largest absolute Gasteiger partial charge is 0.380 e. The fraction of sp³-hybridized carbons (Fsp3) is 0.700. The maximum atomic E-state index is 11.6. The van der Waals surface area contributed by atoms with Crippen molar-refractivity contribution in [3.05, 3.63) is 11.9 Å². The Morgan fingerprint density at radius 1 is 1.71 bits per heavy atom. The first-order chi connectivity index (χ1) is 8.15. The van der Waals surface area contributed by atoms with Crippen molar-refractivity contribution in [3.8, 4) is 0 Å². The van der Waals surface area contributed by atoms with E-state index in [1.165, 1.54) is 4.68 Å². The van der Waals surface area contributed by atoms with Gasteiger partial charge < -0.3 is 15.8 Å². The molecule has 1 amide bonds. The zero-order valence-corrected chi connectivity index (χ0v) is 10.2. The fourth-order valence-corrected chi connectivity index (χ4v) is 1.31. The molecule has 0 saturated carbocycles. The van der Waals surface area contributed by atoms with Gasteiger partial charge in [-0.2, -0.15) is 0 Å².